The van der Waals surface area contributed by atoms with Gasteiger partial charge in [-0.3, -0.25) is 14.4 Å². The minimum atomic E-state index is -0.0157. The third-order valence-electron chi connectivity index (χ3n) is 4.68. The van der Waals surface area contributed by atoms with E-state index in [1.54, 1.807) is 6.20 Å². The van der Waals surface area contributed by atoms with Gasteiger partial charge >= 0.3 is 0 Å². The number of amides is 1. The monoisotopic (exact) mass is 329 g/mol. The van der Waals surface area contributed by atoms with Gasteiger partial charge in [-0.2, -0.15) is 5.10 Å². The molecule has 1 N–H and O–H groups in total. The Kier molecular flexibility index (Phi) is 5.16. The van der Waals surface area contributed by atoms with E-state index in [1.165, 1.54) is 0 Å². The summed E-state index contributed by atoms with van der Waals surface area (Å²) in [6, 6.07) is 6.10. The fourth-order valence-electron chi connectivity index (χ4n) is 3.17. The first kappa shape index (κ1) is 16.9. The molecule has 1 aromatic heterocycles. The molecule has 0 unspecified atom stereocenters. The first-order chi connectivity index (χ1) is 11.6. The molecule has 2 aromatic rings. The van der Waals surface area contributed by atoms with Gasteiger partial charge in [-0.1, -0.05) is 6.07 Å². The van der Waals surface area contributed by atoms with Crippen LogP contribution in [0.15, 0.2) is 24.4 Å². The number of aromatic nitrogens is 2. The summed E-state index contributed by atoms with van der Waals surface area (Å²) in [6.45, 7) is 10.1. The molecule has 130 valence electrons. The van der Waals surface area contributed by atoms with E-state index in [9.17, 15) is 4.79 Å². The molecule has 24 heavy (non-hydrogen) atoms. The lowest BCUT2D eigenvalue weighted by molar-refractivity contribution is 0.0942. The average molecular weight is 329 g/mol. The van der Waals surface area contributed by atoms with Crippen LogP contribution in [0.25, 0.3) is 10.9 Å². The summed E-state index contributed by atoms with van der Waals surface area (Å²) in [6.07, 6.45) is 1.80. The number of nitrogens with zero attached hydrogens (tertiary/aromatic N) is 4. The molecule has 1 aromatic carbocycles. The molecule has 0 aliphatic carbocycles. The Labute approximate surface area is 143 Å². The number of piperazine rings is 1. The van der Waals surface area contributed by atoms with Crippen molar-refractivity contribution in [3.8, 4) is 0 Å². The molecule has 0 atom stereocenters. The Morgan fingerprint density at radius 1 is 1.25 bits per heavy atom. The van der Waals surface area contributed by atoms with Gasteiger partial charge in [-0.05, 0) is 33.0 Å². The highest BCUT2D eigenvalue weighted by Crippen LogP contribution is 2.21. The van der Waals surface area contributed by atoms with Gasteiger partial charge in [0.05, 0.1) is 17.3 Å². The summed E-state index contributed by atoms with van der Waals surface area (Å²) in [4.78, 5) is 17.3. The fourth-order valence-corrected chi connectivity index (χ4v) is 3.17. The first-order valence-electron chi connectivity index (χ1n) is 8.71. The van der Waals surface area contributed by atoms with Crippen molar-refractivity contribution in [3.63, 3.8) is 0 Å². The second-order valence-electron chi connectivity index (χ2n) is 6.82. The van der Waals surface area contributed by atoms with E-state index < -0.39 is 0 Å². The number of hydrogen-bond donors (Lipinski definition) is 1. The molecule has 0 spiro atoms. The van der Waals surface area contributed by atoms with Gasteiger partial charge in [-0.15, -0.1) is 0 Å². The van der Waals surface area contributed by atoms with Crippen LogP contribution in [0.2, 0.25) is 0 Å². The topological polar surface area (TPSA) is 53.4 Å². The normalized spacial score (nSPS) is 16.8. The van der Waals surface area contributed by atoms with Crippen molar-refractivity contribution >= 4 is 16.8 Å². The molecule has 1 aliphatic rings. The van der Waals surface area contributed by atoms with Gasteiger partial charge < -0.3 is 10.2 Å². The van der Waals surface area contributed by atoms with Gasteiger partial charge in [0.1, 0.15) is 0 Å². The Morgan fingerprint density at radius 2 is 2.00 bits per heavy atom. The zero-order valence-corrected chi connectivity index (χ0v) is 14.8. The van der Waals surface area contributed by atoms with E-state index in [1.807, 2.05) is 22.9 Å². The fraction of sp³-hybridized carbons (Fsp3) is 0.556. The molecular formula is C18H27N5O. The summed E-state index contributed by atoms with van der Waals surface area (Å²) in [5.41, 5.74) is 1.72. The molecule has 6 nitrogen and oxygen atoms in total. The summed E-state index contributed by atoms with van der Waals surface area (Å²) in [7, 11) is 2.15. The summed E-state index contributed by atoms with van der Waals surface area (Å²) in [5.74, 6) is -0.0157. The van der Waals surface area contributed by atoms with Gasteiger partial charge in [0.25, 0.3) is 5.91 Å². The van der Waals surface area contributed by atoms with Crippen LogP contribution in [-0.4, -0.2) is 71.8 Å². The summed E-state index contributed by atoms with van der Waals surface area (Å²) in [5, 5.41) is 8.40. The second-order valence-corrected chi connectivity index (χ2v) is 6.82. The van der Waals surface area contributed by atoms with Crippen molar-refractivity contribution in [1.29, 1.82) is 0 Å². The first-order valence-corrected chi connectivity index (χ1v) is 8.71. The molecule has 1 fully saturated rings. The molecule has 1 aliphatic heterocycles. The van der Waals surface area contributed by atoms with Crippen LogP contribution in [0.5, 0.6) is 0 Å². The number of nitrogens with one attached hydrogen (secondary N) is 1. The van der Waals surface area contributed by atoms with Gasteiger partial charge in [-0.25, -0.2) is 0 Å². The summed E-state index contributed by atoms with van der Waals surface area (Å²) >= 11 is 0. The Morgan fingerprint density at radius 3 is 2.71 bits per heavy atom. The van der Waals surface area contributed by atoms with E-state index in [0.29, 0.717) is 12.1 Å². The molecule has 0 bridgehead atoms. The zero-order chi connectivity index (χ0) is 17.1. The highest BCUT2D eigenvalue weighted by Gasteiger charge is 2.16. The molecule has 0 radical (unpaired) electrons. The molecule has 3 rings (SSSR count). The highest BCUT2D eigenvalue weighted by atomic mass is 16.1. The number of carbonyl (C=O) groups is 1. The van der Waals surface area contributed by atoms with E-state index in [0.717, 1.165) is 43.6 Å². The number of likely N-dealkylation sites (N-methyl/N-ethyl adjacent to an activating group) is 1. The van der Waals surface area contributed by atoms with Crippen molar-refractivity contribution in [3.05, 3.63) is 30.0 Å². The summed E-state index contributed by atoms with van der Waals surface area (Å²) < 4.78 is 1.95. The van der Waals surface area contributed by atoms with Gasteiger partial charge in [0, 0.05) is 50.7 Å². The molecular weight excluding hydrogens is 302 g/mol. The second kappa shape index (κ2) is 7.32. The number of rotatable bonds is 5. The lowest BCUT2D eigenvalue weighted by Gasteiger charge is -2.32. The quantitative estimate of drug-likeness (QED) is 0.905. The number of carbonyl (C=O) groups excluding carboxylic acids is 1. The van der Waals surface area contributed by atoms with Crippen LogP contribution < -0.4 is 5.32 Å². The number of hydrogen-bond acceptors (Lipinski definition) is 4. The van der Waals surface area contributed by atoms with E-state index in [-0.39, 0.29) is 11.9 Å². The molecule has 1 amide bonds. The predicted molar refractivity (Wildman–Crippen MR) is 96.4 cm³/mol. The lowest BCUT2D eigenvalue weighted by Crippen LogP contribution is -2.46. The maximum Gasteiger partial charge on any atom is 0.252 e. The van der Waals surface area contributed by atoms with Gasteiger partial charge in [0.2, 0.25) is 0 Å². The van der Waals surface area contributed by atoms with E-state index in [2.05, 4.69) is 41.1 Å². The van der Waals surface area contributed by atoms with E-state index in [4.69, 9.17) is 0 Å². The highest BCUT2D eigenvalue weighted by molar-refractivity contribution is 6.06. The Hall–Kier alpha value is -1.92. The minimum absolute atomic E-state index is 0.0157. The van der Waals surface area contributed by atoms with Crippen molar-refractivity contribution in [2.75, 3.05) is 46.3 Å². The molecule has 6 heteroatoms. The SMILES string of the molecule is CC(C)n1ncc2c(C(=O)NCCN3CCN(C)CC3)cccc21. The maximum atomic E-state index is 12.6. The molecule has 0 saturated carbocycles. The van der Waals surface area contributed by atoms with Crippen LogP contribution in [0, 0.1) is 0 Å². The van der Waals surface area contributed by atoms with Crippen molar-refractivity contribution in [2.45, 2.75) is 19.9 Å². The molecule has 1 saturated heterocycles. The Bertz CT molecular complexity index is 700. The smallest absolute Gasteiger partial charge is 0.252 e. The van der Waals surface area contributed by atoms with Crippen LogP contribution in [0.1, 0.15) is 30.2 Å². The van der Waals surface area contributed by atoms with E-state index >= 15 is 0 Å². The van der Waals surface area contributed by atoms with Gasteiger partial charge in [0.15, 0.2) is 0 Å². The van der Waals surface area contributed by atoms with Crippen LogP contribution in [-0.2, 0) is 0 Å². The van der Waals surface area contributed by atoms with Crippen LogP contribution >= 0.6 is 0 Å². The molecule has 2 heterocycles. The average Bonchev–Trinajstić information content (AvgIpc) is 3.00. The predicted octanol–water partition coefficient (Wildman–Crippen LogP) is 1.59. The standard InChI is InChI=1S/C18H27N5O/c1-14(2)23-17-6-4-5-15(16(17)13-20-23)18(24)19-7-8-22-11-9-21(3)10-12-22/h4-6,13-14H,7-12H2,1-3H3,(H,19,24). The minimum Gasteiger partial charge on any atom is -0.351 e. The van der Waals surface area contributed by atoms with Crippen molar-refractivity contribution < 1.29 is 4.79 Å². The zero-order valence-electron chi connectivity index (χ0n) is 14.8. The van der Waals surface area contributed by atoms with Crippen LogP contribution in [0.3, 0.4) is 0 Å². The third-order valence-corrected chi connectivity index (χ3v) is 4.68. The Balaban J connectivity index is 1.62. The van der Waals surface area contributed by atoms with Crippen molar-refractivity contribution in [2.24, 2.45) is 0 Å². The lowest BCUT2D eigenvalue weighted by atomic mass is 10.1. The van der Waals surface area contributed by atoms with Crippen LogP contribution in [0.4, 0.5) is 0 Å². The number of fused-ring (bicyclic) bond motifs is 1. The third kappa shape index (κ3) is 3.60. The maximum absolute atomic E-state index is 12.6. The largest absolute Gasteiger partial charge is 0.351 e. The number of benzene rings is 1. The van der Waals surface area contributed by atoms with Crippen molar-refractivity contribution in [1.82, 2.24) is 24.9 Å².